The number of carbonyl (C=O) groups excluding carboxylic acids is 1. The van der Waals surface area contributed by atoms with Gasteiger partial charge in [0.05, 0.1) is 12.3 Å². The summed E-state index contributed by atoms with van der Waals surface area (Å²) < 4.78 is 4.90. The highest BCUT2D eigenvalue weighted by molar-refractivity contribution is 5.93. The van der Waals surface area contributed by atoms with Crippen molar-refractivity contribution in [2.45, 2.75) is 12.5 Å². The maximum Gasteiger partial charge on any atom is 0.415 e. The van der Waals surface area contributed by atoms with Crippen LogP contribution >= 0.6 is 0 Å². The average Bonchev–Trinajstić information content (AvgIpc) is 2.57. The third-order valence-corrected chi connectivity index (χ3v) is 2.69. The Balaban J connectivity index is 2.46. The van der Waals surface area contributed by atoms with E-state index in [1.807, 2.05) is 0 Å². The number of aliphatic hydroxyl groups excluding tert-OH is 1. The molecule has 1 aromatic carbocycles. The standard InChI is InChI=1S/C11H13NO4/c1-11(6-13)7-16-10(15)12(11)8-4-2-3-5-9(8)14/h2-5,13-14H,6-7H2,1H3. The zero-order valence-electron chi connectivity index (χ0n) is 8.88. The van der Waals surface area contributed by atoms with Crippen LogP contribution in [-0.4, -0.2) is 35.1 Å². The van der Waals surface area contributed by atoms with E-state index in [1.165, 1.54) is 11.0 Å². The zero-order valence-corrected chi connectivity index (χ0v) is 8.88. The van der Waals surface area contributed by atoms with Crippen LogP contribution in [0.1, 0.15) is 6.92 Å². The van der Waals surface area contributed by atoms with E-state index in [9.17, 15) is 15.0 Å². The summed E-state index contributed by atoms with van der Waals surface area (Å²) in [6.07, 6.45) is -0.557. The minimum absolute atomic E-state index is 0.0129. The van der Waals surface area contributed by atoms with Crippen LogP contribution in [0.15, 0.2) is 24.3 Å². The van der Waals surface area contributed by atoms with Crippen molar-refractivity contribution in [3.8, 4) is 5.75 Å². The molecule has 1 heterocycles. The van der Waals surface area contributed by atoms with Gasteiger partial charge in [-0.2, -0.15) is 0 Å². The second-order valence-corrected chi connectivity index (χ2v) is 4.03. The number of nitrogens with zero attached hydrogens (tertiary/aromatic N) is 1. The van der Waals surface area contributed by atoms with E-state index >= 15 is 0 Å². The van der Waals surface area contributed by atoms with E-state index in [-0.39, 0.29) is 19.0 Å². The molecule has 0 bridgehead atoms. The maximum atomic E-state index is 11.6. The van der Waals surface area contributed by atoms with Crippen LogP contribution in [0.3, 0.4) is 0 Å². The molecule has 16 heavy (non-hydrogen) atoms. The van der Waals surface area contributed by atoms with Gasteiger partial charge in [-0.15, -0.1) is 0 Å². The van der Waals surface area contributed by atoms with Gasteiger partial charge in [0.1, 0.15) is 17.9 Å². The number of hydrogen-bond acceptors (Lipinski definition) is 4. The number of benzene rings is 1. The lowest BCUT2D eigenvalue weighted by Gasteiger charge is -2.30. The minimum atomic E-state index is -0.823. The van der Waals surface area contributed by atoms with Crippen molar-refractivity contribution in [1.29, 1.82) is 0 Å². The first-order valence-corrected chi connectivity index (χ1v) is 4.94. The molecule has 1 fully saturated rings. The first-order valence-electron chi connectivity index (χ1n) is 4.94. The molecule has 2 rings (SSSR count). The summed E-state index contributed by atoms with van der Waals surface area (Å²) in [5.41, 5.74) is -0.475. The number of ether oxygens (including phenoxy) is 1. The fraction of sp³-hybridized carbons (Fsp3) is 0.364. The van der Waals surface area contributed by atoms with Crippen LogP contribution in [0.2, 0.25) is 0 Å². The molecular weight excluding hydrogens is 210 g/mol. The number of amides is 1. The third kappa shape index (κ3) is 1.49. The molecule has 1 amide bonds. The first kappa shape index (κ1) is 10.8. The normalized spacial score (nSPS) is 24.6. The van der Waals surface area contributed by atoms with Gasteiger partial charge in [0, 0.05) is 0 Å². The van der Waals surface area contributed by atoms with Crippen LogP contribution in [0.25, 0.3) is 0 Å². The lowest BCUT2D eigenvalue weighted by Crippen LogP contribution is -2.47. The Hall–Kier alpha value is -1.75. The summed E-state index contributed by atoms with van der Waals surface area (Å²) in [7, 11) is 0. The van der Waals surface area contributed by atoms with E-state index in [1.54, 1.807) is 25.1 Å². The van der Waals surface area contributed by atoms with E-state index in [0.29, 0.717) is 5.69 Å². The summed E-state index contributed by atoms with van der Waals surface area (Å²) in [5, 5.41) is 19.0. The molecule has 0 aromatic heterocycles. The number of phenols is 1. The molecule has 1 aliphatic heterocycles. The van der Waals surface area contributed by atoms with Crippen molar-refractivity contribution in [3.05, 3.63) is 24.3 Å². The van der Waals surface area contributed by atoms with Gasteiger partial charge >= 0.3 is 6.09 Å². The van der Waals surface area contributed by atoms with Gasteiger partial charge in [-0.05, 0) is 19.1 Å². The van der Waals surface area contributed by atoms with E-state index in [0.717, 1.165) is 0 Å². The van der Waals surface area contributed by atoms with Gasteiger partial charge in [0.25, 0.3) is 0 Å². The molecular formula is C11H13NO4. The topological polar surface area (TPSA) is 70.0 Å². The van der Waals surface area contributed by atoms with Crippen molar-refractivity contribution in [2.24, 2.45) is 0 Å². The molecule has 1 unspecified atom stereocenters. The predicted octanol–water partition coefficient (Wildman–Crippen LogP) is 1.10. The van der Waals surface area contributed by atoms with Gasteiger partial charge in [0.2, 0.25) is 0 Å². The highest BCUT2D eigenvalue weighted by Crippen LogP contribution is 2.35. The molecule has 1 aliphatic rings. The highest BCUT2D eigenvalue weighted by Gasteiger charge is 2.45. The molecule has 0 radical (unpaired) electrons. The number of carbonyl (C=O) groups is 1. The summed E-state index contributed by atoms with van der Waals surface area (Å²) in [6.45, 7) is 1.58. The Bertz CT molecular complexity index is 420. The number of hydrogen-bond donors (Lipinski definition) is 2. The number of aromatic hydroxyl groups is 1. The summed E-state index contributed by atoms with van der Waals surface area (Å²) in [6, 6.07) is 6.46. The second kappa shape index (κ2) is 3.68. The molecule has 1 aromatic rings. The number of phenolic OH excluding ortho intramolecular Hbond substituents is 1. The Morgan fingerprint density at radius 3 is 2.81 bits per heavy atom. The summed E-state index contributed by atoms with van der Waals surface area (Å²) in [5.74, 6) is -0.0129. The molecule has 5 nitrogen and oxygen atoms in total. The molecule has 1 atom stereocenters. The Morgan fingerprint density at radius 2 is 2.19 bits per heavy atom. The van der Waals surface area contributed by atoms with Crippen molar-refractivity contribution >= 4 is 11.8 Å². The van der Waals surface area contributed by atoms with E-state index in [4.69, 9.17) is 4.74 Å². The first-order chi connectivity index (χ1) is 7.58. The van der Waals surface area contributed by atoms with Crippen LogP contribution in [0, 0.1) is 0 Å². The zero-order chi connectivity index (χ0) is 11.8. The van der Waals surface area contributed by atoms with Crippen LogP contribution < -0.4 is 4.90 Å². The molecule has 2 N–H and O–H groups in total. The molecule has 86 valence electrons. The van der Waals surface area contributed by atoms with Gasteiger partial charge in [-0.1, -0.05) is 12.1 Å². The van der Waals surface area contributed by atoms with Gasteiger partial charge in [0.15, 0.2) is 0 Å². The largest absolute Gasteiger partial charge is 0.506 e. The van der Waals surface area contributed by atoms with Gasteiger partial charge in [-0.3, -0.25) is 4.90 Å². The molecule has 0 saturated carbocycles. The van der Waals surface area contributed by atoms with Gasteiger partial charge in [-0.25, -0.2) is 4.79 Å². The summed E-state index contributed by atoms with van der Waals surface area (Å²) in [4.78, 5) is 12.9. The van der Waals surface area contributed by atoms with Crippen LogP contribution in [0.5, 0.6) is 5.75 Å². The number of aliphatic hydroxyl groups is 1. The van der Waals surface area contributed by atoms with E-state index in [2.05, 4.69) is 0 Å². The maximum absolute atomic E-state index is 11.6. The smallest absolute Gasteiger partial charge is 0.415 e. The third-order valence-electron chi connectivity index (χ3n) is 2.69. The Kier molecular flexibility index (Phi) is 2.47. The minimum Gasteiger partial charge on any atom is -0.506 e. The fourth-order valence-electron chi connectivity index (χ4n) is 1.73. The molecule has 0 aliphatic carbocycles. The predicted molar refractivity (Wildman–Crippen MR) is 57.4 cm³/mol. The SMILES string of the molecule is CC1(CO)COC(=O)N1c1ccccc1O. The lowest BCUT2D eigenvalue weighted by atomic mass is 10.0. The monoisotopic (exact) mass is 223 g/mol. The molecule has 1 saturated heterocycles. The molecule has 0 spiro atoms. The number of anilines is 1. The Labute approximate surface area is 92.9 Å². The summed E-state index contributed by atoms with van der Waals surface area (Å²) >= 11 is 0. The van der Waals surface area contributed by atoms with E-state index < -0.39 is 11.6 Å². The van der Waals surface area contributed by atoms with Crippen LogP contribution in [0.4, 0.5) is 10.5 Å². The quantitative estimate of drug-likeness (QED) is 0.787. The second-order valence-electron chi connectivity index (χ2n) is 4.03. The average molecular weight is 223 g/mol. The van der Waals surface area contributed by atoms with Crippen molar-refractivity contribution in [2.75, 3.05) is 18.1 Å². The van der Waals surface area contributed by atoms with Crippen LogP contribution in [-0.2, 0) is 4.74 Å². The number of para-hydroxylation sites is 2. The van der Waals surface area contributed by atoms with Crippen molar-refractivity contribution < 1.29 is 19.7 Å². The van der Waals surface area contributed by atoms with Crippen molar-refractivity contribution in [1.82, 2.24) is 0 Å². The van der Waals surface area contributed by atoms with Crippen molar-refractivity contribution in [3.63, 3.8) is 0 Å². The Morgan fingerprint density at radius 1 is 1.50 bits per heavy atom. The lowest BCUT2D eigenvalue weighted by molar-refractivity contribution is 0.155. The number of rotatable bonds is 2. The highest BCUT2D eigenvalue weighted by atomic mass is 16.6. The molecule has 5 heteroatoms. The fourth-order valence-corrected chi connectivity index (χ4v) is 1.73. The number of cyclic esters (lactones) is 1. The van der Waals surface area contributed by atoms with Gasteiger partial charge < -0.3 is 14.9 Å².